The first-order valence-corrected chi connectivity index (χ1v) is 6.52. The fourth-order valence-corrected chi connectivity index (χ4v) is 1.84. The van der Waals surface area contributed by atoms with Crippen molar-refractivity contribution in [1.82, 2.24) is 0 Å². The highest BCUT2D eigenvalue weighted by Gasteiger charge is 2.16. The van der Waals surface area contributed by atoms with Gasteiger partial charge in [-0.05, 0) is 11.6 Å². The van der Waals surface area contributed by atoms with Crippen LogP contribution >= 0.6 is 0 Å². The Morgan fingerprint density at radius 2 is 1.43 bits per heavy atom. The van der Waals surface area contributed by atoms with Gasteiger partial charge in [0.25, 0.3) is 0 Å². The molecule has 0 fully saturated rings. The summed E-state index contributed by atoms with van der Waals surface area (Å²) in [5, 5.41) is 0. The summed E-state index contributed by atoms with van der Waals surface area (Å²) in [5.74, 6) is -0.976. The van der Waals surface area contributed by atoms with E-state index in [2.05, 4.69) is 13.2 Å². The van der Waals surface area contributed by atoms with E-state index in [9.17, 15) is 9.59 Å². The van der Waals surface area contributed by atoms with E-state index in [0.29, 0.717) is 5.56 Å². The molecule has 0 bridgehead atoms. The number of hydrogen-bond donors (Lipinski definition) is 0. The van der Waals surface area contributed by atoms with Crippen LogP contribution in [0.5, 0.6) is 11.5 Å². The van der Waals surface area contributed by atoms with Gasteiger partial charge >= 0.3 is 11.9 Å². The third kappa shape index (κ3) is 4.41. The normalized spacial score (nSPS) is 9.22. The Morgan fingerprint density at radius 1 is 0.826 bits per heavy atom. The molecule has 0 heterocycles. The second-order valence-electron chi connectivity index (χ2n) is 4.25. The number of ether oxygens (including phenoxy) is 2. The first kappa shape index (κ1) is 17.9. The molecule has 0 radical (unpaired) electrons. The lowest BCUT2D eigenvalue weighted by atomic mass is 10.0. The molecule has 118 valence electrons. The summed E-state index contributed by atoms with van der Waals surface area (Å²) in [4.78, 5) is 23.0. The third-order valence-electron chi connectivity index (χ3n) is 2.81. The number of para-hydroxylation sites is 1. The molecule has 0 saturated carbocycles. The zero-order valence-electron chi connectivity index (χ0n) is 11.8. The second-order valence-corrected chi connectivity index (χ2v) is 4.25. The Morgan fingerprint density at radius 3 is 2.04 bits per heavy atom. The summed E-state index contributed by atoms with van der Waals surface area (Å²) in [7, 11) is 0. The molecule has 0 saturated heterocycles. The molecule has 0 aliphatic carbocycles. The largest absolute Gasteiger partial charge is 0.419 e. The number of carbonyl (C=O) groups excluding carboxylic acids is 2. The average Bonchev–Trinajstić information content (AvgIpc) is 2.56. The maximum absolute atomic E-state index is 11.6. The minimum Gasteiger partial charge on any atom is -0.419 e. The van der Waals surface area contributed by atoms with Gasteiger partial charge in [-0.2, -0.15) is 0 Å². The summed E-state index contributed by atoms with van der Waals surface area (Å²) in [6.07, 6.45) is 2.08. The van der Waals surface area contributed by atoms with Gasteiger partial charge in [0.05, 0.1) is 0 Å². The molecule has 2 aromatic carbocycles. The average molecular weight is 310 g/mol. The molecule has 2 aromatic rings. The van der Waals surface area contributed by atoms with E-state index in [0.717, 1.165) is 17.7 Å². The fraction of sp³-hybridized carbons (Fsp3) is 0.0526. The molecule has 0 aromatic heterocycles. The molecule has 4 nitrogen and oxygen atoms in total. The van der Waals surface area contributed by atoms with Gasteiger partial charge in [0.15, 0.2) is 11.5 Å². The Hall–Kier alpha value is -3.14. The minimum atomic E-state index is -0.640. The third-order valence-corrected chi connectivity index (χ3v) is 2.81. The summed E-state index contributed by atoms with van der Waals surface area (Å²) < 4.78 is 10.4. The molecule has 0 amide bonds. The monoisotopic (exact) mass is 310 g/mol. The lowest BCUT2D eigenvalue weighted by Crippen LogP contribution is -2.09. The highest BCUT2D eigenvalue weighted by molar-refractivity contribution is 5.89. The van der Waals surface area contributed by atoms with Gasteiger partial charge in [-0.15, -0.1) is 0 Å². The summed E-state index contributed by atoms with van der Waals surface area (Å²) >= 11 is 0. The molecular weight excluding hydrogens is 292 g/mol. The van der Waals surface area contributed by atoms with Crippen molar-refractivity contribution in [2.75, 3.05) is 0 Å². The van der Waals surface area contributed by atoms with Crippen molar-refractivity contribution < 1.29 is 19.1 Å². The summed E-state index contributed by atoms with van der Waals surface area (Å²) in [5.41, 5.74) is 1.45. The molecule has 0 aliphatic heterocycles. The van der Waals surface area contributed by atoms with Gasteiger partial charge < -0.3 is 9.47 Å². The fourth-order valence-electron chi connectivity index (χ4n) is 1.84. The van der Waals surface area contributed by atoms with E-state index in [1.165, 1.54) is 0 Å². The first-order chi connectivity index (χ1) is 10.7. The van der Waals surface area contributed by atoms with E-state index in [-0.39, 0.29) is 18.9 Å². The Labute approximate surface area is 135 Å². The van der Waals surface area contributed by atoms with Gasteiger partial charge in [0.2, 0.25) is 0 Å². The number of carbonyl (C=O) groups is 2. The predicted octanol–water partition coefficient (Wildman–Crippen LogP) is 4.17. The van der Waals surface area contributed by atoms with Crippen LogP contribution in [0.1, 0.15) is 7.43 Å². The van der Waals surface area contributed by atoms with Gasteiger partial charge in [-0.25, -0.2) is 9.59 Å². The van der Waals surface area contributed by atoms with Crippen molar-refractivity contribution in [2.24, 2.45) is 0 Å². The predicted molar refractivity (Wildman–Crippen MR) is 90.3 cm³/mol. The van der Waals surface area contributed by atoms with Gasteiger partial charge in [0, 0.05) is 17.7 Å². The highest BCUT2D eigenvalue weighted by atomic mass is 16.6. The summed E-state index contributed by atoms with van der Waals surface area (Å²) in [6, 6.07) is 14.3. The van der Waals surface area contributed by atoms with Crippen molar-refractivity contribution in [3.63, 3.8) is 0 Å². The first-order valence-electron chi connectivity index (χ1n) is 6.52. The van der Waals surface area contributed by atoms with Crippen LogP contribution in [0.3, 0.4) is 0 Å². The maximum atomic E-state index is 11.6. The van der Waals surface area contributed by atoms with Crippen molar-refractivity contribution >= 4 is 11.9 Å². The number of benzene rings is 2. The van der Waals surface area contributed by atoms with Crippen molar-refractivity contribution in [3.05, 3.63) is 73.8 Å². The molecule has 2 rings (SSSR count). The van der Waals surface area contributed by atoms with Crippen LogP contribution in [0.4, 0.5) is 0 Å². The van der Waals surface area contributed by atoms with Crippen LogP contribution in [-0.4, -0.2) is 11.9 Å². The Balaban J connectivity index is 0.00000264. The van der Waals surface area contributed by atoms with Gasteiger partial charge in [-0.3, -0.25) is 0 Å². The summed E-state index contributed by atoms with van der Waals surface area (Å²) in [6.45, 7) is 6.71. The quantitative estimate of drug-likeness (QED) is 0.472. The SMILES string of the molecule is C.C=CC(=O)Oc1cccc(-c2ccccc2)c1OC(=O)C=C. The van der Waals surface area contributed by atoms with Crippen molar-refractivity contribution in [1.29, 1.82) is 0 Å². The Kier molecular flexibility index (Phi) is 6.49. The molecule has 0 spiro atoms. The van der Waals surface area contributed by atoms with Crippen LogP contribution in [0.2, 0.25) is 0 Å². The zero-order valence-corrected chi connectivity index (χ0v) is 11.8. The van der Waals surface area contributed by atoms with E-state index >= 15 is 0 Å². The van der Waals surface area contributed by atoms with Crippen LogP contribution < -0.4 is 9.47 Å². The number of esters is 2. The van der Waals surface area contributed by atoms with E-state index in [4.69, 9.17) is 9.47 Å². The van der Waals surface area contributed by atoms with E-state index in [1.54, 1.807) is 18.2 Å². The zero-order chi connectivity index (χ0) is 15.9. The molecule has 0 atom stereocenters. The van der Waals surface area contributed by atoms with Crippen LogP contribution in [0.15, 0.2) is 73.8 Å². The number of hydrogen-bond acceptors (Lipinski definition) is 4. The molecule has 23 heavy (non-hydrogen) atoms. The maximum Gasteiger partial charge on any atom is 0.335 e. The molecule has 0 aliphatic rings. The highest BCUT2D eigenvalue weighted by Crippen LogP contribution is 2.38. The molecule has 0 unspecified atom stereocenters. The van der Waals surface area contributed by atoms with E-state index < -0.39 is 11.9 Å². The molecule has 4 heteroatoms. The second kappa shape index (κ2) is 8.34. The Bertz CT molecular complexity index is 717. The lowest BCUT2D eigenvalue weighted by Gasteiger charge is -2.13. The topological polar surface area (TPSA) is 52.6 Å². The van der Waals surface area contributed by atoms with Crippen LogP contribution in [0, 0.1) is 0 Å². The van der Waals surface area contributed by atoms with Gasteiger partial charge in [0.1, 0.15) is 0 Å². The van der Waals surface area contributed by atoms with Crippen molar-refractivity contribution in [2.45, 2.75) is 7.43 Å². The standard InChI is InChI=1S/C18H14O4.CH4/c1-3-16(19)21-15-12-8-11-14(13-9-6-5-7-10-13)18(15)22-17(20)4-2;/h3-12H,1-2H2;1H4. The minimum absolute atomic E-state index is 0. The van der Waals surface area contributed by atoms with Crippen molar-refractivity contribution in [3.8, 4) is 22.6 Å². The smallest absolute Gasteiger partial charge is 0.335 e. The lowest BCUT2D eigenvalue weighted by molar-refractivity contribution is -0.131. The van der Waals surface area contributed by atoms with Gasteiger partial charge in [-0.1, -0.05) is 63.0 Å². The van der Waals surface area contributed by atoms with E-state index in [1.807, 2.05) is 30.3 Å². The molecular formula is C19H18O4. The van der Waals surface area contributed by atoms with Crippen LogP contribution in [0.25, 0.3) is 11.1 Å². The molecule has 0 N–H and O–H groups in total. The number of rotatable bonds is 5. The van der Waals surface area contributed by atoms with Crippen LogP contribution in [-0.2, 0) is 9.59 Å².